The summed E-state index contributed by atoms with van der Waals surface area (Å²) in [4.78, 5) is 3.38. The number of halogens is 2. The number of nitrogens with zero attached hydrogens (tertiary/aromatic N) is 1. The van der Waals surface area contributed by atoms with E-state index in [2.05, 4.69) is 16.8 Å². The van der Waals surface area contributed by atoms with E-state index in [1.807, 2.05) is 0 Å². The zero-order chi connectivity index (χ0) is 8.10. The van der Waals surface area contributed by atoms with Crippen LogP contribution in [0.15, 0.2) is 18.3 Å². The molecule has 1 aromatic heterocycles. The molecule has 0 aliphatic heterocycles. The van der Waals surface area contributed by atoms with E-state index < -0.39 is 5.95 Å². The molecule has 0 bridgehead atoms. The smallest absolute Gasteiger partial charge is 0.214 e. The van der Waals surface area contributed by atoms with Gasteiger partial charge in [0.15, 0.2) is 0 Å². The van der Waals surface area contributed by atoms with Crippen molar-refractivity contribution in [3.8, 4) is 11.8 Å². The molecular weight excluding hydrogens is 165 g/mol. The molecule has 11 heavy (non-hydrogen) atoms. The predicted octanol–water partition coefficient (Wildman–Crippen LogP) is 1.81. The number of aromatic nitrogens is 1. The summed E-state index contributed by atoms with van der Waals surface area (Å²) in [6.45, 7) is 0. The highest BCUT2D eigenvalue weighted by Gasteiger charge is 1.89. The van der Waals surface area contributed by atoms with E-state index in [0.29, 0.717) is 5.56 Å². The van der Waals surface area contributed by atoms with Gasteiger partial charge >= 0.3 is 0 Å². The molecule has 0 spiro atoms. The Morgan fingerprint density at radius 1 is 1.64 bits per heavy atom. The number of hydrogen-bond acceptors (Lipinski definition) is 1. The van der Waals surface area contributed by atoms with E-state index in [9.17, 15) is 4.39 Å². The van der Waals surface area contributed by atoms with Gasteiger partial charge in [-0.15, -0.1) is 11.6 Å². The highest BCUT2D eigenvalue weighted by atomic mass is 35.5. The molecular formula is C8H5ClFN. The lowest BCUT2D eigenvalue weighted by molar-refractivity contribution is 0.583. The first-order valence-electron chi connectivity index (χ1n) is 2.99. The van der Waals surface area contributed by atoms with Gasteiger partial charge in [0, 0.05) is 17.8 Å². The molecule has 3 heteroatoms. The van der Waals surface area contributed by atoms with Crippen molar-refractivity contribution in [2.75, 3.05) is 5.88 Å². The summed E-state index contributed by atoms with van der Waals surface area (Å²) in [5.41, 5.74) is 0.596. The predicted molar refractivity (Wildman–Crippen MR) is 41.8 cm³/mol. The monoisotopic (exact) mass is 169 g/mol. The summed E-state index contributed by atoms with van der Waals surface area (Å²) in [5, 5.41) is 0. The largest absolute Gasteiger partial charge is 0.228 e. The molecule has 0 unspecified atom stereocenters. The second-order valence-electron chi connectivity index (χ2n) is 1.80. The highest BCUT2D eigenvalue weighted by molar-refractivity contribution is 6.19. The van der Waals surface area contributed by atoms with Gasteiger partial charge in [-0.1, -0.05) is 11.8 Å². The molecule has 0 saturated carbocycles. The second-order valence-corrected chi connectivity index (χ2v) is 2.07. The summed E-state index contributed by atoms with van der Waals surface area (Å²) >= 11 is 5.31. The van der Waals surface area contributed by atoms with Crippen LogP contribution in [0.25, 0.3) is 0 Å². The van der Waals surface area contributed by atoms with Gasteiger partial charge in [0.2, 0.25) is 5.95 Å². The molecule has 0 aromatic carbocycles. The van der Waals surface area contributed by atoms with Gasteiger partial charge in [-0.25, -0.2) is 4.98 Å². The maximum Gasteiger partial charge on any atom is 0.214 e. The van der Waals surface area contributed by atoms with Crippen molar-refractivity contribution < 1.29 is 4.39 Å². The second kappa shape index (κ2) is 3.95. The van der Waals surface area contributed by atoms with E-state index >= 15 is 0 Å². The Labute approximate surface area is 69.2 Å². The molecule has 0 fully saturated rings. The minimum absolute atomic E-state index is 0.254. The lowest BCUT2D eigenvalue weighted by atomic mass is 10.3. The molecule has 0 amide bonds. The Morgan fingerprint density at radius 2 is 2.45 bits per heavy atom. The quantitative estimate of drug-likeness (QED) is 0.328. The minimum Gasteiger partial charge on any atom is -0.228 e. The molecule has 0 radical (unpaired) electrons. The van der Waals surface area contributed by atoms with Crippen LogP contribution in [0.3, 0.4) is 0 Å². The van der Waals surface area contributed by atoms with Gasteiger partial charge in [0.25, 0.3) is 0 Å². The Morgan fingerprint density at radius 3 is 3.09 bits per heavy atom. The van der Waals surface area contributed by atoms with Crippen LogP contribution >= 0.6 is 11.6 Å². The zero-order valence-electron chi connectivity index (χ0n) is 5.64. The molecule has 1 heterocycles. The number of pyridine rings is 1. The Balaban J connectivity index is 2.87. The van der Waals surface area contributed by atoms with Crippen LogP contribution < -0.4 is 0 Å². The topological polar surface area (TPSA) is 12.9 Å². The molecule has 56 valence electrons. The fourth-order valence-electron chi connectivity index (χ4n) is 0.616. The van der Waals surface area contributed by atoms with Crippen LogP contribution in [-0.2, 0) is 0 Å². The van der Waals surface area contributed by atoms with Gasteiger partial charge in [0.05, 0.1) is 5.88 Å². The van der Waals surface area contributed by atoms with Crippen LogP contribution in [-0.4, -0.2) is 10.9 Å². The third-order valence-corrected chi connectivity index (χ3v) is 1.16. The van der Waals surface area contributed by atoms with E-state index in [0.717, 1.165) is 0 Å². The van der Waals surface area contributed by atoms with Crippen molar-refractivity contribution in [2.45, 2.75) is 0 Å². The zero-order valence-corrected chi connectivity index (χ0v) is 6.40. The van der Waals surface area contributed by atoms with Crippen LogP contribution in [0.4, 0.5) is 4.39 Å². The summed E-state index contributed by atoms with van der Waals surface area (Å²) in [6, 6.07) is 2.89. The van der Waals surface area contributed by atoms with Gasteiger partial charge in [-0.05, 0) is 6.07 Å². The lowest BCUT2D eigenvalue weighted by Gasteiger charge is -1.87. The van der Waals surface area contributed by atoms with Crippen molar-refractivity contribution in [3.05, 3.63) is 29.8 Å². The first-order valence-corrected chi connectivity index (χ1v) is 3.53. The van der Waals surface area contributed by atoms with Crippen molar-refractivity contribution in [1.29, 1.82) is 0 Å². The molecule has 0 saturated heterocycles. The van der Waals surface area contributed by atoms with E-state index in [-0.39, 0.29) is 5.88 Å². The maximum absolute atomic E-state index is 12.4. The third-order valence-electron chi connectivity index (χ3n) is 1.03. The normalized spacial score (nSPS) is 8.55. The average Bonchev–Trinajstić information content (AvgIpc) is 2.01. The van der Waals surface area contributed by atoms with Crippen molar-refractivity contribution in [2.24, 2.45) is 0 Å². The van der Waals surface area contributed by atoms with Crippen LogP contribution in [0.2, 0.25) is 0 Å². The lowest BCUT2D eigenvalue weighted by Crippen LogP contribution is -1.82. The van der Waals surface area contributed by atoms with Crippen molar-refractivity contribution in [3.63, 3.8) is 0 Å². The first-order chi connectivity index (χ1) is 5.33. The third kappa shape index (κ3) is 2.57. The van der Waals surface area contributed by atoms with E-state index in [4.69, 9.17) is 11.6 Å². The van der Waals surface area contributed by atoms with Crippen molar-refractivity contribution >= 4 is 11.6 Å². The van der Waals surface area contributed by atoms with Gasteiger partial charge in [0.1, 0.15) is 0 Å². The van der Waals surface area contributed by atoms with Gasteiger partial charge in [-0.2, -0.15) is 4.39 Å². The first kappa shape index (κ1) is 8.03. The van der Waals surface area contributed by atoms with Gasteiger partial charge < -0.3 is 0 Å². The van der Waals surface area contributed by atoms with Crippen LogP contribution in [0.1, 0.15) is 5.56 Å². The fraction of sp³-hybridized carbons (Fsp3) is 0.125. The van der Waals surface area contributed by atoms with Crippen molar-refractivity contribution in [1.82, 2.24) is 4.98 Å². The Bertz CT molecular complexity index is 300. The van der Waals surface area contributed by atoms with E-state index in [1.165, 1.54) is 12.3 Å². The molecule has 0 aliphatic carbocycles. The highest BCUT2D eigenvalue weighted by Crippen LogP contribution is 1.97. The maximum atomic E-state index is 12.4. The molecule has 1 aromatic rings. The Kier molecular flexibility index (Phi) is 2.88. The summed E-state index contributed by atoms with van der Waals surface area (Å²) < 4.78 is 12.4. The fourth-order valence-corrected chi connectivity index (χ4v) is 0.683. The number of alkyl halides is 1. The molecule has 1 rings (SSSR count). The molecule has 0 N–H and O–H groups in total. The SMILES string of the molecule is Fc1cc(C#CCCl)ccn1. The van der Waals surface area contributed by atoms with Crippen LogP contribution in [0, 0.1) is 17.8 Å². The van der Waals surface area contributed by atoms with E-state index in [1.54, 1.807) is 6.07 Å². The summed E-state index contributed by atoms with van der Waals surface area (Å²) in [5.74, 6) is 5.02. The van der Waals surface area contributed by atoms with Gasteiger partial charge in [-0.3, -0.25) is 0 Å². The standard InChI is InChI=1S/C8H5ClFN/c9-4-1-2-7-3-5-11-8(10)6-7/h3,5-6H,4H2. The van der Waals surface area contributed by atoms with Crippen LogP contribution in [0.5, 0.6) is 0 Å². The summed E-state index contributed by atoms with van der Waals surface area (Å²) in [6.07, 6.45) is 1.37. The minimum atomic E-state index is -0.522. The molecule has 1 nitrogen and oxygen atoms in total. The summed E-state index contributed by atoms with van der Waals surface area (Å²) in [7, 11) is 0. The molecule has 0 aliphatic rings. The number of hydrogen-bond donors (Lipinski definition) is 0. The Hall–Kier alpha value is -1.07. The molecule has 0 atom stereocenters. The number of rotatable bonds is 0. The average molecular weight is 170 g/mol.